The second-order valence-corrected chi connectivity index (χ2v) is 12.9. The number of thiophene rings is 1. The molecule has 2 fully saturated rings. The van der Waals surface area contributed by atoms with Crippen molar-refractivity contribution in [3.8, 4) is 10.4 Å². The number of anilines is 3. The molecule has 218 valence electrons. The molecule has 2 aliphatic heterocycles. The minimum absolute atomic E-state index is 0.0944. The predicted octanol–water partition coefficient (Wildman–Crippen LogP) is 7.24. The first-order chi connectivity index (χ1) is 21.0. The van der Waals surface area contributed by atoms with Crippen molar-refractivity contribution >= 4 is 46.1 Å². The smallest absolute Gasteiger partial charge is 0.259 e. The number of benzene rings is 2. The fourth-order valence-electron chi connectivity index (χ4n) is 6.23. The van der Waals surface area contributed by atoms with E-state index in [1.165, 1.54) is 0 Å². The Hall–Kier alpha value is -4.30. The number of para-hydroxylation sites is 1. The molecule has 2 aromatic carbocycles. The van der Waals surface area contributed by atoms with Gasteiger partial charge in [0, 0.05) is 53.4 Å². The summed E-state index contributed by atoms with van der Waals surface area (Å²) in [5.74, 6) is 1.20. The van der Waals surface area contributed by atoms with Crippen LogP contribution in [0.5, 0.6) is 0 Å². The van der Waals surface area contributed by atoms with Crippen LogP contribution in [0.15, 0.2) is 72.9 Å². The lowest BCUT2D eigenvalue weighted by atomic mass is 10.1. The summed E-state index contributed by atoms with van der Waals surface area (Å²) in [6, 6.07) is 21.0. The molecule has 1 saturated carbocycles. The number of carbonyl (C=O) groups excluding carboxylic acids is 3. The number of pyridine rings is 1. The van der Waals surface area contributed by atoms with E-state index in [0.29, 0.717) is 54.0 Å². The third-order valence-corrected chi connectivity index (χ3v) is 10.0. The third-order valence-electron chi connectivity index (χ3n) is 8.79. The van der Waals surface area contributed by atoms with Gasteiger partial charge in [0.1, 0.15) is 5.82 Å². The van der Waals surface area contributed by atoms with Crippen molar-refractivity contribution in [2.45, 2.75) is 51.5 Å². The standard InChI is InChI=1S/C35H34N4O3S/c1-22-6-5-18-38(22)33-28(8-4-17-36-33)34(41)37-26-14-12-24(13-15-26)35(42)39-19-16-25-21-31(30(40)20-23-10-11-23)43-32(25)27-7-2-3-9-29(27)39/h2-4,7-9,12-15,17,21-23H,5-6,10-11,16,18-20H2,1H3,(H,37,41)/t22-/m1/s1. The fourth-order valence-corrected chi connectivity index (χ4v) is 7.42. The highest BCUT2D eigenvalue weighted by Gasteiger charge is 2.30. The van der Waals surface area contributed by atoms with E-state index in [1.807, 2.05) is 41.3 Å². The summed E-state index contributed by atoms with van der Waals surface area (Å²) < 4.78 is 0. The molecule has 3 aliphatic rings. The number of rotatable bonds is 7. The number of amides is 2. The number of hydrogen-bond acceptors (Lipinski definition) is 6. The third kappa shape index (κ3) is 5.47. The molecule has 0 radical (unpaired) electrons. The molecule has 7 rings (SSSR count). The largest absolute Gasteiger partial charge is 0.353 e. The van der Waals surface area contributed by atoms with Crippen LogP contribution in [0, 0.1) is 5.92 Å². The van der Waals surface area contributed by atoms with Gasteiger partial charge >= 0.3 is 0 Å². The summed E-state index contributed by atoms with van der Waals surface area (Å²) in [4.78, 5) is 50.4. The highest BCUT2D eigenvalue weighted by atomic mass is 32.1. The van der Waals surface area contributed by atoms with Crippen molar-refractivity contribution in [3.63, 3.8) is 0 Å². The van der Waals surface area contributed by atoms with Crippen molar-refractivity contribution in [2.24, 2.45) is 5.92 Å². The van der Waals surface area contributed by atoms with E-state index in [9.17, 15) is 14.4 Å². The molecule has 0 spiro atoms. The van der Waals surface area contributed by atoms with Gasteiger partial charge in [0.05, 0.1) is 16.1 Å². The van der Waals surface area contributed by atoms with E-state index in [4.69, 9.17) is 0 Å². The first kappa shape index (κ1) is 27.5. The Morgan fingerprint density at radius 1 is 0.977 bits per heavy atom. The number of hydrogen-bond donors (Lipinski definition) is 1. The van der Waals surface area contributed by atoms with Gasteiger partial charge in [0.2, 0.25) is 0 Å². The lowest BCUT2D eigenvalue weighted by molar-refractivity contribution is 0.0974. The normalized spacial score (nSPS) is 17.7. The predicted molar refractivity (Wildman–Crippen MR) is 171 cm³/mol. The van der Waals surface area contributed by atoms with Crippen molar-refractivity contribution < 1.29 is 14.4 Å². The van der Waals surface area contributed by atoms with Crippen molar-refractivity contribution in [3.05, 3.63) is 94.5 Å². The molecule has 7 nitrogen and oxygen atoms in total. The van der Waals surface area contributed by atoms with E-state index in [0.717, 1.165) is 58.8 Å². The van der Waals surface area contributed by atoms with Crippen LogP contribution in [0.4, 0.5) is 17.2 Å². The van der Waals surface area contributed by atoms with Crippen LogP contribution in [0.3, 0.4) is 0 Å². The molecule has 0 unspecified atom stereocenters. The summed E-state index contributed by atoms with van der Waals surface area (Å²) >= 11 is 1.56. The maximum absolute atomic E-state index is 13.8. The SMILES string of the molecule is C[C@@H]1CCCN1c1ncccc1C(=O)Nc1ccc(C(=O)N2CCc3cc(C(=O)CC4CC4)sc3-c3ccccc32)cc1. The summed E-state index contributed by atoms with van der Waals surface area (Å²) in [6.07, 6.45) is 7.55. The molecule has 1 saturated heterocycles. The Bertz CT molecular complexity index is 1710. The molecular weight excluding hydrogens is 556 g/mol. The molecule has 1 atom stereocenters. The second-order valence-electron chi connectivity index (χ2n) is 11.9. The van der Waals surface area contributed by atoms with Crippen LogP contribution >= 0.6 is 11.3 Å². The van der Waals surface area contributed by atoms with Crippen LogP contribution < -0.4 is 15.1 Å². The number of nitrogens with one attached hydrogen (secondary N) is 1. The van der Waals surface area contributed by atoms with Crippen molar-refractivity contribution in [2.75, 3.05) is 28.2 Å². The van der Waals surface area contributed by atoms with Crippen LogP contribution in [0.25, 0.3) is 10.4 Å². The number of ketones is 1. The highest BCUT2D eigenvalue weighted by Crippen LogP contribution is 2.43. The Morgan fingerprint density at radius 2 is 1.79 bits per heavy atom. The number of Topliss-reactive ketones (excluding diaryl/α,β-unsaturated/α-hetero) is 1. The Balaban J connectivity index is 1.09. The molecule has 0 bridgehead atoms. The van der Waals surface area contributed by atoms with Crippen LogP contribution in [0.1, 0.15) is 75.0 Å². The fraction of sp³-hybridized carbons (Fsp3) is 0.314. The summed E-state index contributed by atoms with van der Waals surface area (Å²) in [5.41, 5.74) is 4.68. The Morgan fingerprint density at radius 3 is 2.56 bits per heavy atom. The maximum atomic E-state index is 13.8. The summed E-state index contributed by atoms with van der Waals surface area (Å²) in [6.45, 7) is 3.57. The zero-order valence-electron chi connectivity index (χ0n) is 24.2. The quantitative estimate of drug-likeness (QED) is 0.230. The lowest BCUT2D eigenvalue weighted by Gasteiger charge is -2.24. The van der Waals surface area contributed by atoms with Crippen LogP contribution in [-0.4, -0.2) is 41.7 Å². The molecule has 2 aromatic heterocycles. The number of nitrogens with zero attached hydrogens (tertiary/aromatic N) is 3. The lowest BCUT2D eigenvalue weighted by Crippen LogP contribution is -2.32. The van der Waals surface area contributed by atoms with Gasteiger partial charge in [-0.05, 0) is 99.0 Å². The number of aromatic nitrogens is 1. The van der Waals surface area contributed by atoms with Gasteiger partial charge < -0.3 is 15.1 Å². The van der Waals surface area contributed by atoms with Gasteiger partial charge in [-0.25, -0.2) is 4.98 Å². The topological polar surface area (TPSA) is 82.6 Å². The number of carbonyl (C=O) groups is 3. The van der Waals surface area contributed by atoms with E-state index >= 15 is 0 Å². The average Bonchev–Trinajstić information content (AvgIpc) is 3.62. The zero-order valence-corrected chi connectivity index (χ0v) is 25.0. The molecule has 4 aromatic rings. The van der Waals surface area contributed by atoms with Crippen LogP contribution in [-0.2, 0) is 6.42 Å². The molecule has 4 heterocycles. The van der Waals surface area contributed by atoms with Gasteiger partial charge in [0.25, 0.3) is 11.8 Å². The maximum Gasteiger partial charge on any atom is 0.259 e. The minimum atomic E-state index is -0.219. The monoisotopic (exact) mass is 590 g/mol. The molecule has 8 heteroatoms. The Labute approximate surface area is 255 Å². The number of fused-ring (bicyclic) bond motifs is 3. The minimum Gasteiger partial charge on any atom is -0.353 e. The highest BCUT2D eigenvalue weighted by molar-refractivity contribution is 7.17. The van der Waals surface area contributed by atoms with Crippen molar-refractivity contribution in [1.82, 2.24) is 4.98 Å². The average molecular weight is 591 g/mol. The van der Waals surface area contributed by atoms with Gasteiger partial charge in [-0.3, -0.25) is 14.4 Å². The molecule has 43 heavy (non-hydrogen) atoms. The molecule has 1 N–H and O–H groups in total. The van der Waals surface area contributed by atoms with Crippen molar-refractivity contribution in [1.29, 1.82) is 0 Å². The van der Waals surface area contributed by atoms with Gasteiger partial charge in [-0.2, -0.15) is 0 Å². The second kappa shape index (κ2) is 11.4. The van der Waals surface area contributed by atoms with E-state index in [-0.39, 0.29) is 17.6 Å². The zero-order chi connectivity index (χ0) is 29.5. The molecule has 2 amide bonds. The van der Waals surface area contributed by atoms with E-state index < -0.39 is 0 Å². The van der Waals surface area contributed by atoms with E-state index in [1.54, 1.807) is 47.9 Å². The van der Waals surface area contributed by atoms with Crippen LogP contribution in [0.2, 0.25) is 0 Å². The summed E-state index contributed by atoms with van der Waals surface area (Å²) in [7, 11) is 0. The van der Waals surface area contributed by atoms with Gasteiger partial charge in [-0.15, -0.1) is 11.3 Å². The van der Waals surface area contributed by atoms with Gasteiger partial charge in [-0.1, -0.05) is 18.2 Å². The first-order valence-corrected chi connectivity index (χ1v) is 16.0. The summed E-state index contributed by atoms with van der Waals surface area (Å²) in [5, 5.41) is 2.99. The Kier molecular flexibility index (Phi) is 7.31. The van der Waals surface area contributed by atoms with Gasteiger partial charge in [0.15, 0.2) is 5.78 Å². The van der Waals surface area contributed by atoms with E-state index in [2.05, 4.69) is 22.1 Å². The first-order valence-electron chi connectivity index (χ1n) is 15.2. The molecule has 1 aliphatic carbocycles. The molecular formula is C35H34N4O3S.